The van der Waals surface area contributed by atoms with Crippen LogP contribution in [-0.4, -0.2) is 99.8 Å². The summed E-state index contributed by atoms with van der Waals surface area (Å²) in [7, 11) is 4.18. The van der Waals surface area contributed by atoms with Gasteiger partial charge in [0, 0.05) is 26.2 Å². The van der Waals surface area contributed by atoms with Gasteiger partial charge in [0.1, 0.15) is 0 Å². The lowest BCUT2D eigenvalue weighted by molar-refractivity contribution is -0.149. The molecule has 0 aromatic rings. The van der Waals surface area contributed by atoms with Gasteiger partial charge < -0.3 is 19.3 Å². The van der Waals surface area contributed by atoms with Crippen molar-refractivity contribution in [2.75, 3.05) is 73.1 Å². The third kappa shape index (κ3) is 9.18. The van der Waals surface area contributed by atoms with E-state index >= 15 is 0 Å². The molecule has 0 radical (unpaired) electrons. The van der Waals surface area contributed by atoms with Crippen LogP contribution in [0.1, 0.15) is 26.7 Å². The highest BCUT2D eigenvalue weighted by Crippen LogP contribution is 2.17. The zero-order valence-corrected chi connectivity index (χ0v) is 16.3. The van der Waals surface area contributed by atoms with Crippen molar-refractivity contribution in [2.45, 2.75) is 26.7 Å². The Balaban J connectivity index is 0.000000251. The molecule has 0 aliphatic carbocycles. The van der Waals surface area contributed by atoms with Crippen molar-refractivity contribution in [3.8, 4) is 0 Å². The van der Waals surface area contributed by atoms with Gasteiger partial charge in [-0.2, -0.15) is 0 Å². The van der Waals surface area contributed by atoms with Gasteiger partial charge >= 0.3 is 11.9 Å². The summed E-state index contributed by atoms with van der Waals surface area (Å²) in [6, 6.07) is 0. The topological polar surface area (TPSA) is 62.3 Å². The summed E-state index contributed by atoms with van der Waals surface area (Å²) < 4.78 is 9.84. The van der Waals surface area contributed by atoms with Gasteiger partial charge in [-0.1, -0.05) is 0 Å². The van der Waals surface area contributed by atoms with E-state index in [1.54, 1.807) is 0 Å². The number of carbonyl (C=O) groups is 2. The molecule has 2 aliphatic heterocycles. The van der Waals surface area contributed by atoms with Crippen LogP contribution in [0, 0.1) is 5.92 Å². The average Bonchev–Trinajstić information content (AvgIpc) is 2.59. The number of carbonyl (C=O) groups excluding carboxylic acids is 2. The van der Waals surface area contributed by atoms with E-state index in [2.05, 4.69) is 28.8 Å². The van der Waals surface area contributed by atoms with Crippen molar-refractivity contribution in [1.29, 1.82) is 0 Å². The molecular weight excluding hydrogens is 322 g/mol. The highest BCUT2D eigenvalue weighted by atomic mass is 16.5. The van der Waals surface area contributed by atoms with E-state index in [0.717, 1.165) is 52.1 Å². The van der Waals surface area contributed by atoms with Crippen LogP contribution in [0.25, 0.3) is 0 Å². The Kier molecular flexibility index (Phi) is 10.7. The Hall–Kier alpha value is -1.18. The molecule has 0 saturated carbocycles. The fraction of sp³-hybridized carbons (Fsp3) is 0.889. The van der Waals surface area contributed by atoms with E-state index in [0.29, 0.717) is 19.8 Å². The molecule has 25 heavy (non-hydrogen) atoms. The second-order valence-electron chi connectivity index (χ2n) is 6.71. The Morgan fingerprint density at radius 1 is 0.840 bits per heavy atom. The maximum atomic E-state index is 11.3. The number of esters is 2. The van der Waals surface area contributed by atoms with Gasteiger partial charge in [0.15, 0.2) is 0 Å². The van der Waals surface area contributed by atoms with Crippen molar-refractivity contribution < 1.29 is 19.1 Å². The third-order valence-corrected chi connectivity index (χ3v) is 4.59. The molecule has 2 rings (SSSR count). The smallest absolute Gasteiger partial charge is 0.320 e. The molecule has 146 valence electrons. The maximum Gasteiger partial charge on any atom is 0.320 e. The van der Waals surface area contributed by atoms with E-state index < -0.39 is 0 Å². The van der Waals surface area contributed by atoms with Crippen molar-refractivity contribution in [1.82, 2.24) is 14.7 Å². The number of hydrogen-bond acceptors (Lipinski definition) is 7. The summed E-state index contributed by atoms with van der Waals surface area (Å²) in [4.78, 5) is 29.0. The molecule has 0 amide bonds. The normalized spacial score (nSPS) is 20.5. The zero-order chi connectivity index (χ0) is 18.7. The van der Waals surface area contributed by atoms with Crippen LogP contribution in [0.4, 0.5) is 0 Å². The number of nitrogens with zero attached hydrogens (tertiary/aromatic N) is 3. The molecule has 0 atom stereocenters. The predicted octanol–water partition coefficient (Wildman–Crippen LogP) is 0.688. The first-order chi connectivity index (χ1) is 12.0. The van der Waals surface area contributed by atoms with E-state index in [-0.39, 0.29) is 17.9 Å². The summed E-state index contributed by atoms with van der Waals surface area (Å²) in [5, 5.41) is 0. The summed E-state index contributed by atoms with van der Waals surface area (Å²) in [6.07, 6.45) is 1.91. The van der Waals surface area contributed by atoms with E-state index in [9.17, 15) is 9.59 Å². The minimum atomic E-state index is -0.105. The van der Waals surface area contributed by atoms with Crippen LogP contribution in [0.15, 0.2) is 0 Å². The van der Waals surface area contributed by atoms with Gasteiger partial charge in [-0.3, -0.25) is 14.5 Å². The van der Waals surface area contributed by atoms with E-state index in [1.165, 1.54) is 0 Å². The van der Waals surface area contributed by atoms with Gasteiger partial charge in [0.2, 0.25) is 0 Å². The quantitative estimate of drug-likeness (QED) is 0.671. The lowest BCUT2D eigenvalue weighted by Crippen LogP contribution is -2.46. The minimum absolute atomic E-state index is 0.00870. The van der Waals surface area contributed by atoms with Crippen LogP contribution in [0.2, 0.25) is 0 Å². The summed E-state index contributed by atoms with van der Waals surface area (Å²) in [5.74, 6) is 0.0406. The standard InChI is InChI=1S/C9H18N2O2.C9H17NO2/c1-3-13-9(12)8-11-6-4-10(2)5-7-11;1-3-12-9(11)8-4-6-10(2)7-5-8/h3-8H2,1-2H3;8H,3-7H2,1-2H3. The second kappa shape index (κ2) is 12.2. The monoisotopic (exact) mass is 357 g/mol. The number of rotatable bonds is 5. The van der Waals surface area contributed by atoms with Crippen LogP contribution >= 0.6 is 0 Å². The number of piperidine rings is 1. The molecule has 0 N–H and O–H groups in total. The minimum Gasteiger partial charge on any atom is -0.466 e. The van der Waals surface area contributed by atoms with E-state index in [1.807, 2.05) is 13.8 Å². The Morgan fingerprint density at radius 2 is 1.36 bits per heavy atom. The van der Waals surface area contributed by atoms with Crippen LogP contribution in [0.5, 0.6) is 0 Å². The Labute approximate surface area is 152 Å². The first-order valence-corrected chi connectivity index (χ1v) is 9.37. The van der Waals surface area contributed by atoms with Crippen molar-refractivity contribution >= 4 is 11.9 Å². The van der Waals surface area contributed by atoms with Gasteiger partial charge in [-0.15, -0.1) is 0 Å². The number of piperazine rings is 1. The molecule has 0 unspecified atom stereocenters. The van der Waals surface area contributed by atoms with Crippen molar-refractivity contribution in [3.63, 3.8) is 0 Å². The van der Waals surface area contributed by atoms with Gasteiger partial charge in [0.05, 0.1) is 25.7 Å². The van der Waals surface area contributed by atoms with Gasteiger partial charge in [0.25, 0.3) is 0 Å². The van der Waals surface area contributed by atoms with Crippen molar-refractivity contribution in [2.24, 2.45) is 5.92 Å². The molecule has 7 heteroatoms. The van der Waals surface area contributed by atoms with Gasteiger partial charge in [-0.25, -0.2) is 0 Å². The van der Waals surface area contributed by atoms with Gasteiger partial charge in [-0.05, 0) is 53.9 Å². The molecule has 0 aromatic carbocycles. The molecule has 2 aliphatic rings. The fourth-order valence-corrected chi connectivity index (χ4v) is 2.90. The molecule has 2 heterocycles. The van der Waals surface area contributed by atoms with Crippen molar-refractivity contribution in [3.05, 3.63) is 0 Å². The largest absolute Gasteiger partial charge is 0.466 e. The fourth-order valence-electron chi connectivity index (χ4n) is 2.90. The summed E-state index contributed by atoms with van der Waals surface area (Å²) in [5.41, 5.74) is 0. The molecular formula is C18H35N3O4. The molecule has 0 bridgehead atoms. The molecule has 0 spiro atoms. The number of likely N-dealkylation sites (N-methyl/N-ethyl adjacent to an activating group) is 1. The highest BCUT2D eigenvalue weighted by molar-refractivity contribution is 5.72. The number of ether oxygens (including phenoxy) is 2. The molecule has 2 saturated heterocycles. The summed E-state index contributed by atoms with van der Waals surface area (Å²) in [6.45, 7) is 11.2. The summed E-state index contributed by atoms with van der Waals surface area (Å²) >= 11 is 0. The second-order valence-corrected chi connectivity index (χ2v) is 6.71. The first-order valence-electron chi connectivity index (χ1n) is 9.37. The predicted molar refractivity (Wildman–Crippen MR) is 97.4 cm³/mol. The lowest BCUT2D eigenvalue weighted by atomic mass is 9.97. The highest BCUT2D eigenvalue weighted by Gasteiger charge is 2.23. The van der Waals surface area contributed by atoms with E-state index in [4.69, 9.17) is 9.47 Å². The van der Waals surface area contributed by atoms with Crippen LogP contribution < -0.4 is 0 Å². The number of hydrogen-bond donors (Lipinski definition) is 0. The average molecular weight is 357 g/mol. The Morgan fingerprint density at radius 3 is 1.88 bits per heavy atom. The van der Waals surface area contributed by atoms with Crippen LogP contribution in [-0.2, 0) is 19.1 Å². The third-order valence-electron chi connectivity index (χ3n) is 4.59. The number of likely N-dealkylation sites (tertiary alicyclic amines) is 1. The SMILES string of the molecule is CCOC(=O)C1CCN(C)CC1.CCOC(=O)CN1CCN(C)CC1. The Bertz CT molecular complexity index is 390. The lowest BCUT2D eigenvalue weighted by Gasteiger charge is -2.31. The maximum absolute atomic E-state index is 11.3. The first kappa shape index (κ1) is 21.9. The molecule has 7 nitrogen and oxygen atoms in total. The zero-order valence-electron chi connectivity index (χ0n) is 16.3. The molecule has 0 aromatic heterocycles. The molecule has 2 fully saturated rings. The van der Waals surface area contributed by atoms with Crippen LogP contribution in [0.3, 0.4) is 0 Å².